The number of anilines is 1. The smallest absolute Gasteiger partial charge is 0.266 e. The van der Waals surface area contributed by atoms with Crippen LogP contribution in [0.1, 0.15) is 53.7 Å². The van der Waals surface area contributed by atoms with E-state index in [1.165, 1.54) is 19.1 Å². The van der Waals surface area contributed by atoms with Crippen LogP contribution in [-0.2, 0) is 5.54 Å². The van der Waals surface area contributed by atoms with Crippen LogP contribution in [0.25, 0.3) is 0 Å². The molecule has 6 nitrogen and oxygen atoms in total. The second kappa shape index (κ2) is 8.86. The molecule has 3 aliphatic rings. The number of aromatic nitrogens is 1. The molecule has 1 amide bonds. The summed E-state index contributed by atoms with van der Waals surface area (Å²) >= 11 is 0. The van der Waals surface area contributed by atoms with Gasteiger partial charge in [0.2, 0.25) is 0 Å². The highest BCUT2D eigenvalue weighted by atomic mass is 19.3. The van der Waals surface area contributed by atoms with Gasteiger partial charge in [-0.25, -0.2) is 22.0 Å². The summed E-state index contributed by atoms with van der Waals surface area (Å²) in [5, 5.41) is 5.83. The molecule has 1 aromatic heterocycles. The molecule has 4 atom stereocenters. The minimum Gasteiger partial charge on any atom is -0.381 e. The fourth-order valence-corrected chi connectivity index (χ4v) is 5.43. The van der Waals surface area contributed by atoms with E-state index in [1.807, 2.05) is 7.05 Å². The molecule has 2 N–H and O–H groups in total. The van der Waals surface area contributed by atoms with E-state index in [4.69, 9.17) is 0 Å². The van der Waals surface area contributed by atoms with Gasteiger partial charge in [0.1, 0.15) is 11.4 Å². The molecule has 36 heavy (non-hydrogen) atoms. The number of hydrogen-bond acceptors (Lipinski definition) is 4. The topological polar surface area (TPSA) is 66.4 Å². The van der Waals surface area contributed by atoms with Gasteiger partial charge in [0, 0.05) is 37.0 Å². The maximum atomic E-state index is 14.6. The van der Waals surface area contributed by atoms with E-state index < -0.39 is 47.3 Å². The molecule has 1 aliphatic heterocycles. The second-order valence-corrected chi connectivity index (χ2v) is 10.2. The first kappa shape index (κ1) is 24.7. The van der Waals surface area contributed by atoms with Gasteiger partial charge >= 0.3 is 0 Å². The number of piperidine rings is 1. The molecule has 0 radical (unpaired) electrons. The van der Waals surface area contributed by atoms with Gasteiger partial charge < -0.3 is 20.1 Å². The Morgan fingerprint density at radius 2 is 1.75 bits per heavy atom. The molecule has 2 heterocycles. The van der Waals surface area contributed by atoms with E-state index in [2.05, 4.69) is 15.5 Å². The standard InChI is InChI=1S/C25H27F5N4O2/c1-12(13-4-3-5-14(20(13)26)22(27)28)31-23(36)17-11-34(25(6-7-25)24(29)30)19(35)8-18(17)32-21-15-9-33(2)10-16(15)21/h3-5,8,11-12,15-16,21-22,24,32H,6-7,9-10H2,1-2H3,(H,31,36)/t12-,15-,16+,21-/m1/s1. The van der Waals surface area contributed by atoms with Gasteiger partial charge in [-0.15, -0.1) is 0 Å². The molecule has 0 unspecified atom stereocenters. The number of likely N-dealkylation sites (tertiary alicyclic amines) is 1. The predicted octanol–water partition coefficient (Wildman–Crippen LogP) is 4.14. The van der Waals surface area contributed by atoms with Crippen LogP contribution in [0.15, 0.2) is 35.3 Å². The lowest BCUT2D eigenvalue weighted by molar-refractivity contribution is 0.0648. The Labute approximate surface area is 204 Å². The number of hydrogen-bond donors (Lipinski definition) is 2. The van der Waals surface area contributed by atoms with Gasteiger partial charge in [0.05, 0.1) is 22.9 Å². The maximum Gasteiger partial charge on any atom is 0.266 e. The first-order chi connectivity index (χ1) is 17.0. The number of nitrogens with one attached hydrogen (secondary N) is 2. The van der Waals surface area contributed by atoms with Crippen LogP contribution >= 0.6 is 0 Å². The van der Waals surface area contributed by atoms with Crippen molar-refractivity contribution < 1.29 is 26.7 Å². The van der Waals surface area contributed by atoms with E-state index in [-0.39, 0.29) is 35.7 Å². The van der Waals surface area contributed by atoms with Crippen molar-refractivity contribution >= 4 is 11.6 Å². The Balaban J connectivity index is 1.46. The first-order valence-electron chi connectivity index (χ1n) is 11.9. The van der Waals surface area contributed by atoms with Crippen LogP contribution in [0.3, 0.4) is 0 Å². The average molecular weight is 511 g/mol. The number of carbonyl (C=O) groups is 1. The predicted molar refractivity (Wildman–Crippen MR) is 123 cm³/mol. The van der Waals surface area contributed by atoms with E-state index in [0.717, 1.165) is 36.0 Å². The third kappa shape index (κ3) is 4.16. The van der Waals surface area contributed by atoms with Gasteiger partial charge in [-0.3, -0.25) is 9.59 Å². The Bertz CT molecular complexity index is 1230. The minimum absolute atomic E-state index is 0.0304. The summed E-state index contributed by atoms with van der Waals surface area (Å²) < 4.78 is 69.4. The highest BCUT2D eigenvalue weighted by Gasteiger charge is 2.56. The molecule has 0 spiro atoms. The molecule has 5 rings (SSSR count). The number of benzene rings is 1. The Kier molecular flexibility index (Phi) is 6.09. The molecule has 1 aromatic carbocycles. The van der Waals surface area contributed by atoms with Crippen molar-refractivity contribution in [2.75, 3.05) is 25.5 Å². The van der Waals surface area contributed by atoms with Crippen LogP contribution < -0.4 is 16.2 Å². The van der Waals surface area contributed by atoms with Gasteiger partial charge in [-0.05, 0) is 38.6 Å². The zero-order chi connectivity index (χ0) is 25.9. The monoisotopic (exact) mass is 510 g/mol. The lowest BCUT2D eigenvalue weighted by atomic mass is 10.0. The van der Waals surface area contributed by atoms with Crippen molar-refractivity contribution in [1.82, 2.24) is 14.8 Å². The number of carbonyl (C=O) groups excluding carboxylic acids is 1. The zero-order valence-electron chi connectivity index (χ0n) is 19.8. The van der Waals surface area contributed by atoms with E-state index in [1.54, 1.807) is 0 Å². The average Bonchev–Trinajstić information content (AvgIpc) is 3.69. The van der Waals surface area contributed by atoms with Crippen LogP contribution in [0, 0.1) is 17.7 Å². The van der Waals surface area contributed by atoms with Crippen molar-refractivity contribution in [3.05, 3.63) is 63.3 Å². The van der Waals surface area contributed by atoms with Crippen LogP contribution in [-0.4, -0.2) is 48.0 Å². The van der Waals surface area contributed by atoms with Gasteiger partial charge in [0.15, 0.2) is 0 Å². The highest BCUT2D eigenvalue weighted by molar-refractivity contribution is 5.99. The molecule has 2 aliphatic carbocycles. The summed E-state index contributed by atoms with van der Waals surface area (Å²) in [6, 6.07) is 3.76. The van der Waals surface area contributed by atoms with Gasteiger partial charge in [-0.1, -0.05) is 18.2 Å². The summed E-state index contributed by atoms with van der Waals surface area (Å²) in [5.41, 5.74) is -3.00. The summed E-state index contributed by atoms with van der Waals surface area (Å²) in [7, 11) is 2.01. The third-order valence-corrected chi connectivity index (χ3v) is 7.75. The molecule has 2 aromatic rings. The lowest BCUT2D eigenvalue weighted by Gasteiger charge is -2.23. The molecule has 1 saturated heterocycles. The first-order valence-corrected chi connectivity index (χ1v) is 11.9. The molecule has 0 bridgehead atoms. The summed E-state index contributed by atoms with van der Waals surface area (Å²) in [5.74, 6) is -1.13. The summed E-state index contributed by atoms with van der Waals surface area (Å²) in [6.45, 7) is 3.18. The number of amides is 1. The SMILES string of the molecule is C[C@@H](NC(=O)c1cn(C2(C(F)F)CC2)c(=O)cc1N[C@@H]1[C@@H]2CN(C)C[C@@H]21)c1cccc(C(F)F)c1F. The number of nitrogens with zero attached hydrogens (tertiary/aromatic N) is 2. The van der Waals surface area contributed by atoms with Crippen LogP contribution in [0.5, 0.6) is 0 Å². The largest absolute Gasteiger partial charge is 0.381 e. The molecule has 11 heteroatoms. The van der Waals surface area contributed by atoms with Crippen molar-refractivity contribution in [3.8, 4) is 0 Å². The van der Waals surface area contributed by atoms with Gasteiger partial charge in [0.25, 0.3) is 24.3 Å². The Morgan fingerprint density at radius 3 is 2.33 bits per heavy atom. The molecule has 2 saturated carbocycles. The Hall–Kier alpha value is -2.95. The highest BCUT2D eigenvalue weighted by Crippen LogP contribution is 2.49. The molecular weight excluding hydrogens is 483 g/mol. The van der Waals surface area contributed by atoms with Crippen molar-refractivity contribution in [1.29, 1.82) is 0 Å². The third-order valence-electron chi connectivity index (χ3n) is 7.75. The van der Waals surface area contributed by atoms with Crippen molar-refractivity contribution in [2.45, 2.75) is 50.2 Å². The van der Waals surface area contributed by atoms with Crippen LogP contribution in [0.4, 0.5) is 27.6 Å². The van der Waals surface area contributed by atoms with E-state index in [0.29, 0.717) is 11.8 Å². The minimum atomic E-state index is -3.02. The number of fused-ring (bicyclic) bond motifs is 1. The fourth-order valence-electron chi connectivity index (χ4n) is 5.43. The van der Waals surface area contributed by atoms with Crippen molar-refractivity contribution in [2.24, 2.45) is 11.8 Å². The number of halogens is 5. The maximum absolute atomic E-state index is 14.6. The lowest BCUT2D eigenvalue weighted by Crippen LogP contribution is -2.37. The molecule has 3 fully saturated rings. The van der Waals surface area contributed by atoms with E-state index in [9.17, 15) is 31.5 Å². The number of rotatable bonds is 8. The van der Waals surface area contributed by atoms with Crippen LogP contribution in [0.2, 0.25) is 0 Å². The second-order valence-electron chi connectivity index (χ2n) is 10.2. The fraction of sp³-hybridized carbons (Fsp3) is 0.520. The van der Waals surface area contributed by atoms with E-state index >= 15 is 0 Å². The Morgan fingerprint density at radius 1 is 1.11 bits per heavy atom. The zero-order valence-corrected chi connectivity index (χ0v) is 19.8. The van der Waals surface area contributed by atoms with Crippen molar-refractivity contribution in [3.63, 3.8) is 0 Å². The number of alkyl halides is 4. The summed E-state index contributed by atoms with van der Waals surface area (Å²) in [4.78, 5) is 28.3. The molecule has 194 valence electrons. The molecular formula is C25H27F5N4O2. The quantitative estimate of drug-likeness (QED) is 0.524. The number of pyridine rings is 1. The summed E-state index contributed by atoms with van der Waals surface area (Å²) in [6.07, 6.45) is -4.44. The normalized spacial score (nSPS) is 25.1. The van der Waals surface area contributed by atoms with Gasteiger partial charge in [-0.2, -0.15) is 0 Å².